The predicted octanol–water partition coefficient (Wildman–Crippen LogP) is 1.31. The van der Waals surface area contributed by atoms with E-state index in [-0.39, 0.29) is 22.7 Å². The van der Waals surface area contributed by atoms with Crippen molar-refractivity contribution in [2.45, 2.75) is 30.5 Å². The summed E-state index contributed by atoms with van der Waals surface area (Å²) in [6, 6.07) is 5.35. The van der Waals surface area contributed by atoms with Crippen molar-refractivity contribution in [3.63, 3.8) is 0 Å². The smallest absolute Gasteiger partial charge is 0.250 e. The van der Waals surface area contributed by atoms with Crippen LogP contribution in [0, 0.1) is 13.8 Å². The molecule has 1 N–H and O–H groups in total. The molecule has 9 heteroatoms. The van der Waals surface area contributed by atoms with E-state index in [0.717, 1.165) is 29.1 Å². The molecule has 1 amide bonds. The Morgan fingerprint density at radius 1 is 1.46 bits per heavy atom. The minimum absolute atomic E-state index is 0.150. The number of carbonyl (C=O) groups excluding carboxylic acids is 1. The zero-order valence-corrected chi connectivity index (χ0v) is 15.2. The molecule has 2 aromatic heterocycles. The molecule has 0 unspecified atom stereocenters. The molecule has 0 aromatic carbocycles. The molecule has 0 spiro atoms. The summed E-state index contributed by atoms with van der Waals surface area (Å²) in [6.07, 6.45) is 0.825. The maximum absolute atomic E-state index is 12.3. The fourth-order valence-corrected chi connectivity index (χ4v) is 4.95. The molecular weight excluding hydrogens is 348 g/mol. The van der Waals surface area contributed by atoms with E-state index < -0.39 is 10.0 Å². The first-order valence-corrected chi connectivity index (χ1v) is 10.1. The van der Waals surface area contributed by atoms with Gasteiger partial charge < -0.3 is 4.90 Å². The lowest BCUT2D eigenvalue weighted by Crippen LogP contribution is -2.39. The van der Waals surface area contributed by atoms with E-state index in [1.54, 1.807) is 16.3 Å². The zero-order chi connectivity index (χ0) is 17.3. The Balaban J connectivity index is 1.58. The van der Waals surface area contributed by atoms with Gasteiger partial charge in [-0.1, -0.05) is 6.07 Å². The maximum atomic E-state index is 12.3. The number of rotatable bonds is 5. The van der Waals surface area contributed by atoms with Crippen LogP contribution in [0.1, 0.15) is 23.9 Å². The average Bonchev–Trinajstić information content (AvgIpc) is 3.25. The highest BCUT2D eigenvalue weighted by Crippen LogP contribution is 2.23. The fourth-order valence-electron chi connectivity index (χ4n) is 2.94. The third-order valence-electron chi connectivity index (χ3n) is 4.08. The van der Waals surface area contributed by atoms with Gasteiger partial charge in [0.1, 0.15) is 4.21 Å². The number of nitrogens with one attached hydrogen (secondary N) is 1. The van der Waals surface area contributed by atoms with Gasteiger partial charge in [0.15, 0.2) is 0 Å². The summed E-state index contributed by atoms with van der Waals surface area (Å²) >= 11 is 1.13. The second-order valence-corrected chi connectivity index (χ2v) is 8.85. The molecule has 0 saturated carbocycles. The van der Waals surface area contributed by atoms with Crippen molar-refractivity contribution in [3.05, 3.63) is 35.0 Å². The lowest BCUT2D eigenvalue weighted by atomic mass is 10.2. The van der Waals surface area contributed by atoms with Gasteiger partial charge in [0, 0.05) is 18.8 Å². The van der Waals surface area contributed by atoms with Crippen LogP contribution in [-0.2, 0) is 14.8 Å². The zero-order valence-electron chi connectivity index (χ0n) is 13.6. The molecule has 1 aliphatic rings. The molecule has 24 heavy (non-hydrogen) atoms. The molecule has 1 atom stereocenters. The Morgan fingerprint density at radius 2 is 2.25 bits per heavy atom. The van der Waals surface area contributed by atoms with Crippen LogP contribution in [0.4, 0.5) is 0 Å². The number of amides is 1. The summed E-state index contributed by atoms with van der Waals surface area (Å²) in [5, 5.41) is 6.16. The second kappa shape index (κ2) is 6.66. The highest BCUT2D eigenvalue weighted by Gasteiger charge is 2.29. The molecular formula is C15H20N4O3S2. The van der Waals surface area contributed by atoms with E-state index in [1.807, 2.05) is 24.6 Å². The SMILES string of the molecule is Cc1cc(C)n([C@@H]2CCN(C(=O)CNS(=O)(=O)c3cccs3)C2)n1. The Hall–Kier alpha value is -1.71. The molecule has 3 heterocycles. The fraction of sp³-hybridized carbons (Fsp3) is 0.467. The lowest BCUT2D eigenvalue weighted by molar-refractivity contribution is -0.129. The van der Waals surface area contributed by atoms with Gasteiger partial charge in [-0.15, -0.1) is 11.3 Å². The van der Waals surface area contributed by atoms with Crippen molar-refractivity contribution in [1.29, 1.82) is 0 Å². The molecule has 0 aliphatic carbocycles. The van der Waals surface area contributed by atoms with Crippen LogP contribution in [0.25, 0.3) is 0 Å². The van der Waals surface area contributed by atoms with E-state index in [4.69, 9.17) is 0 Å². The molecule has 2 aromatic rings. The Kier molecular flexibility index (Phi) is 4.75. The summed E-state index contributed by atoms with van der Waals surface area (Å²) in [5.41, 5.74) is 2.03. The van der Waals surface area contributed by atoms with Gasteiger partial charge in [0.25, 0.3) is 10.0 Å². The number of hydrogen-bond acceptors (Lipinski definition) is 5. The molecule has 1 aliphatic heterocycles. The van der Waals surface area contributed by atoms with Crippen LogP contribution in [0.15, 0.2) is 27.8 Å². The molecule has 1 saturated heterocycles. The first kappa shape index (κ1) is 17.1. The van der Waals surface area contributed by atoms with Gasteiger partial charge in [-0.2, -0.15) is 5.10 Å². The topological polar surface area (TPSA) is 84.3 Å². The van der Waals surface area contributed by atoms with Crippen LogP contribution in [0.5, 0.6) is 0 Å². The Labute approximate surface area is 145 Å². The first-order chi connectivity index (χ1) is 11.4. The molecule has 0 radical (unpaired) electrons. The highest BCUT2D eigenvalue weighted by atomic mass is 32.2. The summed E-state index contributed by atoms with van der Waals surface area (Å²) in [6.45, 7) is 4.90. The number of thiophene rings is 1. The average molecular weight is 368 g/mol. The van der Waals surface area contributed by atoms with Crippen molar-refractivity contribution in [3.8, 4) is 0 Å². The molecule has 3 rings (SSSR count). The monoisotopic (exact) mass is 368 g/mol. The van der Waals surface area contributed by atoms with Crippen LogP contribution >= 0.6 is 11.3 Å². The third-order valence-corrected chi connectivity index (χ3v) is 6.88. The highest BCUT2D eigenvalue weighted by molar-refractivity contribution is 7.91. The van der Waals surface area contributed by atoms with Gasteiger partial charge in [0.2, 0.25) is 5.91 Å². The van der Waals surface area contributed by atoms with Crippen molar-refractivity contribution < 1.29 is 13.2 Å². The normalized spacial score (nSPS) is 18.2. The number of aromatic nitrogens is 2. The van der Waals surface area contributed by atoms with Gasteiger partial charge in [-0.25, -0.2) is 13.1 Å². The number of hydrogen-bond donors (Lipinski definition) is 1. The van der Waals surface area contributed by atoms with Crippen molar-refractivity contribution in [1.82, 2.24) is 19.4 Å². The van der Waals surface area contributed by atoms with E-state index in [1.165, 1.54) is 6.07 Å². The number of aryl methyl sites for hydroxylation is 2. The van der Waals surface area contributed by atoms with Gasteiger partial charge >= 0.3 is 0 Å². The molecule has 0 bridgehead atoms. The van der Waals surface area contributed by atoms with Crippen molar-refractivity contribution >= 4 is 27.3 Å². The summed E-state index contributed by atoms with van der Waals surface area (Å²) in [5.74, 6) is -0.209. The number of likely N-dealkylation sites (tertiary alicyclic amines) is 1. The van der Waals surface area contributed by atoms with Gasteiger partial charge in [0.05, 0.1) is 18.3 Å². The quantitative estimate of drug-likeness (QED) is 0.862. The lowest BCUT2D eigenvalue weighted by Gasteiger charge is -2.17. The largest absolute Gasteiger partial charge is 0.339 e. The van der Waals surface area contributed by atoms with E-state index in [0.29, 0.717) is 13.1 Å². The number of carbonyl (C=O) groups is 1. The summed E-state index contributed by atoms with van der Waals surface area (Å²) < 4.78 is 28.7. The van der Waals surface area contributed by atoms with Crippen LogP contribution in [-0.4, -0.2) is 48.6 Å². The minimum Gasteiger partial charge on any atom is -0.339 e. The van der Waals surface area contributed by atoms with E-state index >= 15 is 0 Å². The Morgan fingerprint density at radius 3 is 2.88 bits per heavy atom. The number of sulfonamides is 1. The van der Waals surface area contributed by atoms with Gasteiger partial charge in [-0.05, 0) is 37.8 Å². The van der Waals surface area contributed by atoms with Gasteiger partial charge in [-0.3, -0.25) is 9.48 Å². The first-order valence-electron chi connectivity index (χ1n) is 7.70. The van der Waals surface area contributed by atoms with E-state index in [2.05, 4.69) is 9.82 Å². The summed E-state index contributed by atoms with van der Waals surface area (Å²) in [7, 11) is -3.61. The van der Waals surface area contributed by atoms with Crippen LogP contribution in [0.2, 0.25) is 0 Å². The molecule has 1 fully saturated rings. The Bertz CT molecular complexity index is 827. The number of nitrogens with zero attached hydrogens (tertiary/aromatic N) is 3. The van der Waals surface area contributed by atoms with Crippen LogP contribution < -0.4 is 4.72 Å². The van der Waals surface area contributed by atoms with Crippen molar-refractivity contribution in [2.75, 3.05) is 19.6 Å². The summed E-state index contributed by atoms with van der Waals surface area (Å²) in [4.78, 5) is 14.0. The predicted molar refractivity (Wildman–Crippen MR) is 91.4 cm³/mol. The second-order valence-electron chi connectivity index (χ2n) is 5.91. The van der Waals surface area contributed by atoms with E-state index in [9.17, 15) is 13.2 Å². The van der Waals surface area contributed by atoms with Crippen LogP contribution in [0.3, 0.4) is 0 Å². The standard InChI is InChI=1S/C15H20N4O3S2/c1-11-8-12(2)19(17-11)13-5-6-18(10-13)14(20)9-16-24(21,22)15-4-3-7-23-15/h3-4,7-8,13,16H,5-6,9-10H2,1-2H3/t13-/m1/s1. The molecule has 7 nitrogen and oxygen atoms in total. The maximum Gasteiger partial charge on any atom is 0.250 e. The molecule has 130 valence electrons. The minimum atomic E-state index is -3.61. The third kappa shape index (κ3) is 3.52. The van der Waals surface area contributed by atoms with Crippen molar-refractivity contribution in [2.24, 2.45) is 0 Å².